The second kappa shape index (κ2) is 5.01. The smallest absolute Gasteiger partial charge is 0.146 e. The number of hydrogen-bond acceptors (Lipinski definition) is 3. The molecule has 17 heavy (non-hydrogen) atoms. The summed E-state index contributed by atoms with van der Waals surface area (Å²) in [5.74, 6) is 1.65. The van der Waals surface area contributed by atoms with E-state index in [9.17, 15) is 5.11 Å². The van der Waals surface area contributed by atoms with Crippen LogP contribution in [0.5, 0.6) is 5.75 Å². The van der Waals surface area contributed by atoms with Gasteiger partial charge in [-0.2, -0.15) is 0 Å². The first-order valence-electron chi connectivity index (χ1n) is 5.54. The zero-order chi connectivity index (χ0) is 12.3. The molecule has 0 radical (unpaired) electrons. The lowest BCUT2D eigenvalue weighted by Crippen LogP contribution is -2.03. The maximum atomic E-state index is 9.38. The summed E-state index contributed by atoms with van der Waals surface area (Å²) >= 11 is 0. The average molecular weight is 232 g/mol. The highest BCUT2D eigenvalue weighted by atomic mass is 16.5. The van der Waals surface area contributed by atoms with Crippen LogP contribution in [0.1, 0.15) is 24.4 Å². The standard InChI is InChI=1S/C13H16N2O2/c1-10(16)11-3-5-12(6-4-11)17-9-13-14-7-8-15(13)2/h3-8,10,16H,9H2,1-2H3/t10-/m1/s1. The van der Waals surface area contributed by atoms with Gasteiger partial charge >= 0.3 is 0 Å². The summed E-state index contributed by atoms with van der Waals surface area (Å²) in [4.78, 5) is 4.17. The Morgan fingerprint density at radius 2 is 2.06 bits per heavy atom. The van der Waals surface area contributed by atoms with Gasteiger partial charge in [0.2, 0.25) is 0 Å². The third kappa shape index (κ3) is 2.85. The highest BCUT2D eigenvalue weighted by Gasteiger charge is 2.02. The minimum absolute atomic E-state index is 0.442. The largest absolute Gasteiger partial charge is 0.486 e. The van der Waals surface area contributed by atoms with Crippen molar-refractivity contribution in [1.82, 2.24) is 9.55 Å². The van der Waals surface area contributed by atoms with Crippen LogP contribution in [0.25, 0.3) is 0 Å². The highest BCUT2D eigenvalue weighted by molar-refractivity contribution is 5.28. The molecular formula is C13H16N2O2. The second-order valence-electron chi connectivity index (χ2n) is 3.99. The van der Waals surface area contributed by atoms with E-state index in [0.717, 1.165) is 17.1 Å². The molecule has 0 aliphatic rings. The molecule has 0 aliphatic heterocycles. The van der Waals surface area contributed by atoms with E-state index < -0.39 is 6.10 Å². The van der Waals surface area contributed by atoms with E-state index in [2.05, 4.69) is 4.98 Å². The minimum atomic E-state index is -0.446. The molecule has 1 aromatic heterocycles. The Kier molecular flexibility index (Phi) is 3.44. The number of ether oxygens (including phenoxy) is 1. The normalized spacial score (nSPS) is 12.4. The van der Waals surface area contributed by atoms with Gasteiger partial charge in [0.05, 0.1) is 6.10 Å². The number of aromatic nitrogens is 2. The Balaban J connectivity index is 1.98. The van der Waals surface area contributed by atoms with Crippen molar-refractivity contribution in [3.05, 3.63) is 48.0 Å². The first-order chi connectivity index (χ1) is 8.16. The molecule has 0 saturated heterocycles. The van der Waals surface area contributed by atoms with Crippen LogP contribution < -0.4 is 4.74 Å². The number of nitrogens with zero attached hydrogens (tertiary/aromatic N) is 2. The van der Waals surface area contributed by atoms with E-state index in [1.807, 2.05) is 42.1 Å². The summed E-state index contributed by atoms with van der Waals surface area (Å²) in [6.45, 7) is 2.18. The van der Waals surface area contributed by atoms with Gasteiger partial charge in [-0.05, 0) is 24.6 Å². The maximum absolute atomic E-state index is 9.38. The quantitative estimate of drug-likeness (QED) is 0.877. The van der Waals surface area contributed by atoms with E-state index in [4.69, 9.17) is 4.74 Å². The van der Waals surface area contributed by atoms with Crippen LogP contribution in [0.3, 0.4) is 0 Å². The van der Waals surface area contributed by atoms with Crippen molar-refractivity contribution in [2.45, 2.75) is 19.6 Å². The van der Waals surface area contributed by atoms with Gasteiger partial charge in [0, 0.05) is 19.4 Å². The lowest BCUT2D eigenvalue weighted by atomic mass is 10.1. The Bertz CT molecular complexity index is 474. The predicted octanol–water partition coefficient (Wildman–Crippen LogP) is 2.05. The van der Waals surface area contributed by atoms with Crippen LogP contribution in [0.15, 0.2) is 36.7 Å². The van der Waals surface area contributed by atoms with Crippen molar-refractivity contribution < 1.29 is 9.84 Å². The van der Waals surface area contributed by atoms with Gasteiger partial charge in [-0.25, -0.2) is 4.98 Å². The monoisotopic (exact) mass is 232 g/mol. The van der Waals surface area contributed by atoms with Gasteiger partial charge in [0.25, 0.3) is 0 Å². The molecule has 0 amide bonds. The van der Waals surface area contributed by atoms with Crippen molar-refractivity contribution >= 4 is 0 Å². The first kappa shape index (κ1) is 11.7. The molecule has 4 nitrogen and oxygen atoms in total. The van der Waals surface area contributed by atoms with Crippen molar-refractivity contribution in [3.8, 4) is 5.75 Å². The van der Waals surface area contributed by atoms with Gasteiger partial charge in [-0.1, -0.05) is 12.1 Å². The van der Waals surface area contributed by atoms with E-state index >= 15 is 0 Å². The Morgan fingerprint density at radius 1 is 1.35 bits per heavy atom. The molecule has 0 unspecified atom stereocenters. The number of benzene rings is 1. The fraction of sp³-hybridized carbons (Fsp3) is 0.308. The van der Waals surface area contributed by atoms with Gasteiger partial charge < -0.3 is 14.4 Å². The fourth-order valence-corrected chi connectivity index (χ4v) is 1.53. The summed E-state index contributed by atoms with van der Waals surface area (Å²) in [5.41, 5.74) is 0.884. The average Bonchev–Trinajstić information content (AvgIpc) is 2.73. The Labute approximate surface area is 100 Å². The summed E-state index contributed by atoms with van der Waals surface area (Å²) in [6.07, 6.45) is 3.18. The fourth-order valence-electron chi connectivity index (χ4n) is 1.53. The molecular weight excluding hydrogens is 216 g/mol. The number of hydrogen-bond donors (Lipinski definition) is 1. The van der Waals surface area contributed by atoms with Crippen LogP contribution in [0.2, 0.25) is 0 Å². The lowest BCUT2D eigenvalue weighted by Gasteiger charge is -2.08. The minimum Gasteiger partial charge on any atom is -0.486 e. The van der Waals surface area contributed by atoms with Crippen LogP contribution in [0.4, 0.5) is 0 Å². The molecule has 1 aromatic carbocycles. The molecule has 0 fully saturated rings. The maximum Gasteiger partial charge on any atom is 0.146 e. The molecule has 90 valence electrons. The molecule has 2 rings (SSSR count). The van der Waals surface area contributed by atoms with Gasteiger partial charge in [-0.15, -0.1) is 0 Å². The van der Waals surface area contributed by atoms with Crippen LogP contribution in [-0.4, -0.2) is 14.7 Å². The molecule has 0 spiro atoms. The molecule has 0 saturated carbocycles. The van der Waals surface area contributed by atoms with E-state index in [0.29, 0.717) is 6.61 Å². The van der Waals surface area contributed by atoms with Crippen LogP contribution in [-0.2, 0) is 13.7 Å². The van der Waals surface area contributed by atoms with E-state index in [-0.39, 0.29) is 0 Å². The third-order valence-corrected chi connectivity index (χ3v) is 2.65. The Hall–Kier alpha value is -1.81. The topological polar surface area (TPSA) is 47.3 Å². The molecule has 1 atom stereocenters. The summed E-state index contributed by atoms with van der Waals surface area (Å²) < 4.78 is 7.52. The molecule has 2 aromatic rings. The van der Waals surface area contributed by atoms with E-state index in [1.165, 1.54) is 0 Å². The first-order valence-corrected chi connectivity index (χ1v) is 5.54. The predicted molar refractivity (Wildman–Crippen MR) is 64.6 cm³/mol. The van der Waals surface area contributed by atoms with Gasteiger partial charge in [0.15, 0.2) is 0 Å². The van der Waals surface area contributed by atoms with Crippen LogP contribution in [0, 0.1) is 0 Å². The molecule has 0 bridgehead atoms. The Morgan fingerprint density at radius 3 is 2.59 bits per heavy atom. The van der Waals surface area contributed by atoms with Crippen LogP contribution >= 0.6 is 0 Å². The van der Waals surface area contributed by atoms with E-state index in [1.54, 1.807) is 13.1 Å². The number of imidazole rings is 1. The summed E-state index contributed by atoms with van der Waals surface area (Å²) in [5, 5.41) is 9.38. The highest BCUT2D eigenvalue weighted by Crippen LogP contribution is 2.17. The molecule has 4 heteroatoms. The number of aliphatic hydroxyl groups excluding tert-OH is 1. The van der Waals surface area contributed by atoms with Crippen molar-refractivity contribution in [2.24, 2.45) is 7.05 Å². The molecule has 0 aliphatic carbocycles. The van der Waals surface area contributed by atoms with Gasteiger partial charge in [0.1, 0.15) is 18.2 Å². The summed E-state index contributed by atoms with van der Waals surface area (Å²) in [7, 11) is 1.93. The van der Waals surface area contributed by atoms with Crippen molar-refractivity contribution in [2.75, 3.05) is 0 Å². The van der Waals surface area contributed by atoms with Crippen molar-refractivity contribution in [1.29, 1.82) is 0 Å². The molecule has 1 N–H and O–H groups in total. The van der Waals surface area contributed by atoms with Crippen molar-refractivity contribution in [3.63, 3.8) is 0 Å². The number of aliphatic hydroxyl groups is 1. The third-order valence-electron chi connectivity index (χ3n) is 2.65. The number of rotatable bonds is 4. The summed E-state index contributed by atoms with van der Waals surface area (Å²) in [6, 6.07) is 7.42. The van der Waals surface area contributed by atoms with Gasteiger partial charge in [-0.3, -0.25) is 0 Å². The lowest BCUT2D eigenvalue weighted by molar-refractivity contribution is 0.199. The molecule has 1 heterocycles. The SMILES string of the molecule is C[C@@H](O)c1ccc(OCc2nccn2C)cc1. The zero-order valence-corrected chi connectivity index (χ0v) is 10.00. The second-order valence-corrected chi connectivity index (χ2v) is 3.99. The zero-order valence-electron chi connectivity index (χ0n) is 10.00. The number of aryl methyl sites for hydroxylation is 1.